The van der Waals surface area contributed by atoms with Gasteiger partial charge >= 0.3 is 0 Å². The number of methoxy groups -OCH3 is 6. The van der Waals surface area contributed by atoms with Crippen LogP contribution >= 0.6 is 11.6 Å². The maximum absolute atomic E-state index is 9.74. The van der Waals surface area contributed by atoms with Crippen molar-refractivity contribution in [3.05, 3.63) is 77.1 Å². The number of benzene rings is 2. The molecule has 21 nitrogen and oxygen atoms in total. The molecule has 0 amide bonds. The van der Waals surface area contributed by atoms with Gasteiger partial charge in [-0.15, -0.1) is 0 Å². The molecule has 0 unspecified atom stereocenters. The van der Waals surface area contributed by atoms with Crippen LogP contribution in [0, 0.1) is 5.92 Å². The van der Waals surface area contributed by atoms with Crippen LogP contribution in [0.2, 0.25) is 5.28 Å². The van der Waals surface area contributed by atoms with E-state index in [0.29, 0.717) is 103 Å². The maximum atomic E-state index is 9.74. The van der Waals surface area contributed by atoms with E-state index in [2.05, 4.69) is 35.5 Å². The number of halogens is 1. The van der Waals surface area contributed by atoms with Gasteiger partial charge in [-0.25, -0.2) is 24.9 Å². The van der Waals surface area contributed by atoms with Gasteiger partial charge in [0.1, 0.15) is 35.9 Å². The van der Waals surface area contributed by atoms with E-state index in [1.165, 1.54) is 25.7 Å². The summed E-state index contributed by atoms with van der Waals surface area (Å²) in [5.41, 5.74) is 5.04. The summed E-state index contributed by atoms with van der Waals surface area (Å²) in [6.45, 7) is 3.06. The molecule has 1 aliphatic carbocycles. The molecular formula is C47H58ClN11O10. The molecule has 6 aromatic rings. The van der Waals surface area contributed by atoms with Gasteiger partial charge in [0.15, 0.2) is 23.0 Å². The van der Waals surface area contributed by atoms with Gasteiger partial charge < -0.3 is 72.8 Å². The van der Waals surface area contributed by atoms with Gasteiger partial charge in [0.25, 0.3) is 0 Å². The van der Waals surface area contributed by atoms with Crippen LogP contribution in [-0.2, 0) is 35.9 Å². The summed E-state index contributed by atoms with van der Waals surface area (Å²) in [6.07, 6.45) is 14.2. The van der Waals surface area contributed by atoms with Crippen LogP contribution in [0.15, 0.2) is 49.3 Å². The Bertz CT molecular complexity index is 2650. The van der Waals surface area contributed by atoms with E-state index in [-0.39, 0.29) is 17.9 Å². The molecule has 1 saturated carbocycles. The maximum Gasteiger partial charge on any atom is 0.227 e. The number of anilines is 5. The van der Waals surface area contributed by atoms with Gasteiger partial charge in [-0.05, 0) is 43.2 Å². The smallest absolute Gasteiger partial charge is 0.227 e. The van der Waals surface area contributed by atoms with Crippen molar-refractivity contribution in [3.63, 3.8) is 0 Å². The number of fused-ring (bicyclic) bond motifs is 2. The zero-order chi connectivity index (χ0) is 48.4. The van der Waals surface area contributed by atoms with Crippen molar-refractivity contribution < 1.29 is 48.1 Å². The van der Waals surface area contributed by atoms with Crippen LogP contribution in [0.1, 0.15) is 61.0 Å². The van der Waals surface area contributed by atoms with Crippen LogP contribution in [0.4, 0.5) is 29.2 Å². The molecule has 368 valence electrons. The molecule has 1 atom stereocenters. The lowest BCUT2D eigenvalue weighted by Crippen LogP contribution is -2.33. The Hall–Kier alpha value is -6.65. The van der Waals surface area contributed by atoms with Crippen LogP contribution in [0.5, 0.6) is 34.5 Å². The van der Waals surface area contributed by atoms with Crippen LogP contribution in [0.3, 0.4) is 0 Å². The molecule has 69 heavy (non-hydrogen) atoms. The Morgan fingerprint density at radius 1 is 0.609 bits per heavy atom. The van der Waals surface area contributed by atoms with Crippen molar-refractivity contribution >= 4 is 40.8 Å². The summed E-state index contributed by atoms with van der Waals surface area (Å²) in [7, 11) is 9.45. The van der Waals surface area contributed by atoms with Crippen molar-refractivity contribution in [2.75, 3.05) is 78.0 Å². The number of hydrogen-bond donors (Lipinski definition) is 4. The predicted molar refractivity (Wildman–Crippen MR) is 256 cm³/mol. The number of rotatable bonds is 15. The fourth-order valence-electron chi connectivity index (χ4n) is 8.61. The average molecular weight is 973 g/mol. The second kappa shape index (κ2) is 22.6. The molecule has 4 aliphatic rings. The highest BCUT2D eigenvalue weighted by atomic mass is 35.5. The zero-order valence-electron chi connectivity index (χ0n) is 39.5. The SMILES string of the molecule is COc1cc(-n2cnc(Nc3nc(Cl)nc4c3COC4)c2)cc(OC)c1OC.COc1cc(-n2cnc(Nc3nc(N4CCC[C@@H]4CO)nc4c3COC4)c2)cc(OC)c1OC.OCC1CCCC1. The molecule has 4 N–H and O–H groups in total. The van der Waals surface area contributed by atoms with Gasteiger partial charge in [-0.2, -0.15) is 4.98 Å². The van der Waals surface area contributed by atoms with Gasteiger partial charge in [0, 0.05) is 48.5 Å². The first-order valence-electron chi connectivity index (χ1n) is 22.5. The van der Waals surface area contributed by atoms with Gasteiger partial charge in [-0.3, -0.25) is 0 Å². The van der Waals surface area contributed by atoms with E-state index in [4.69, 9.17) is 64.6 Å². The summed E-state index contributed by atoms with van der Waals surface area (Å²) < 4.78 is 47.3. The lowest BCUT2D eigenvalue weighted by atomic mass is 10.1. The number of nitrogens with zero attached hydrogens (tertiary/aromatic N) is 9. The van der Waals surface area contributed by atoms with Crippen LogP contribution in [-0.4, -0.2) is 118 Å². The van der Waals surface area contributed by atoms with E-state index in [9.17, 15) is 5.11 Å². The van der Waals surface area contributed by atoms with E-state index in [0.717, 1.165) is 53.3 Å². The van der Waals surface area contributed by atoms with E-state index >= 15 is 0 Å². The van der Waals surface area contributed by atoms with Gasteiger partial charge in [0.2, 0.25) is 22.7 Å². The van der Waals surface area contributed by atoms with Crippen molar-refractivity contribution in [1.82, 2.24) is 39.0 Å². The highest BCUT2D eigenvalue weighted by Gasteiger charge is 2.30. The third-order valence-corrected chi connectivity index (χ3v) is 12.4. The monoisotopic (exact) mass is 971 g/mol. The standard InChI is InChI=1S/C23H28N6O5.C18H18ClN5O4.C6H12O/c1-31-18-7-15(8-19(32-2)21(18)33-3)28-9-20(24-13-28)26-22-16-11-34-12-17(16)25-23(27-22)29-6-4-5-14(29)10-30;1-25-13-4-10(5-14(26-2)16(13)27-3)24-6-15(20-9-24)22-17-11-7-28-8-12(11)21-18(19)23-17;7-5-6-3-1-2-4-6/h7-9,13-14,30H,4-6,10-12H2,1-3H3,(H,25,26,27);4-6,9H,7-8H2,1-3H3,(H,21,22,23);6-7H,1-5H2/t14-;;/m1../s1. The first kappa shape index (κ1) is 48.8. The average Bonchev–Trinajstić information content (AvgIpc) is 4.24. The number of hydrogen-bond acceptors (Lipinski definition) is 19. The van der Waals surface area contributed by atoms with Crippen molar-refractivity contribution in [2.45, 2.75) is 71.0 Å². The molecule has 7 heterocycles. The minimum Gasteiger partial charge on any atom is -0.493 e. The van der Waals surface area contributed by atoms with Crippen LogP contribution in [0.25, 0.3) is 11.4 Å². The second-order valence-electron chi connectivity index (χ2n) is 16.4. The lowest BCUT2D eigenvalue weighted by molar-refractivity contribution is 0.133. The predicted octanol–water partition coefficient (Wildman–Crippen LogP) is 6.71. The fraction of sp³-hybridized carbons (Fsp3) is 0.447. The first-order valence-corrected chi connectivity index (χ1v) is 22.9. The third-order valence-electron chi connectivity index (χ3n) is 12.2. The molecule has 4 aromatic heterocycles. The molecule has 0 bridgehead atoms. The molecule has 3 aliphatic heterocycles. The largest absolute Gasteiger partial charge is 0.493 e. The number of imidazole rings is 2. The molecule has 2 fully saturated rings. The first-order chi connectivity index (χ1) is 33.7. The van der Waals surface area contributed by atoms with E-state index < -0.39 is 0 Å². The normalized spacial score (nSPS) is 15.9. The van der Waals surface area contributed by atoms with Crippen molar-refractivity contribution in [3.8, 4) is 45.9 Å². The van der Waals surface area contributed by atoms with Crippen molar-refractivity contribution in [2.24, 2.45) is 5.92 Å². The summed E-state index contributed by atoms with van der Waals surface area (Å²) in [4.78, 5) is 28.9. The Balaban J connectivity index is 0.000000165. The quantitative estimate of drug-likeness (QED) is 0.0784. The zero-order valence-corrected chi connectivity index (χ0v) is 40.3. The molecule has 0 radical (unpaired) electrons. The molecule has 10 rings (SSSR count). The Morgan fingerprint density at radius 2 is 1.10 bits per heavy atom. The summed E-state index contributed by atoms with van der Waals surface area (Å²) in [5.74, 6) is 6.99. The molecule has 0 spiro atoms. The van der Waals surface area contributed by atoms with Crippen LogP contribution < -0.4 is 44.0 Å². The molecule has 22 heteroatoms. The number of aliphatic hydroxyl groups excluding tert-OH is 2. The second-order valence-corrected chi connectivity index (χ2v) is 16.7. The van der Waals surface area contributed by atoms with Gasteiger partial charge in [0.05, 0.1) is 117 Å². The third kappa shape index (κ3) is 11.0. The lowest BCUT2D eigenvalue weighted by Gasteiger charge is -2.24. The minimum absolute atomic E-state index is 0.0347. The number of nitrogens with one attached hydrogen (secondary N) is 2. The highest BCUT2D eigenvalue weighted by molar-refractivity contribution is 6.28. The fourth-order valence-corrected chi connectivity index (χ4v) is 8.80. The summed E-state index contributed by atoms with van der Waals surface area (Å²) in [5, 5.41) is 25.0. The number of ether oxygens (including phenoxy) is 8. The molecular weight excluding hydrogens is 914 g/mol. The van der Waals surface area contributed by atoms with Gasteiger partial charge in [-0.1, -0.05) is 12.8 Å². The molecule has 2 aromatic carbocycles. The topological polar surface area (TPSA) is 229 Å². The Labute approximate surface area is 404 Å². The summed E-state index contributed by atoms with van der Waals surface area (Å²) in [6, 6.07) is 7.40. The summed E-state index contributed by atoms with van der Waals surface area (Å²) >= 11 is 6.01. The van der Waals surface area contributed by atoms with E-state index in [1.54, 1.807) is 55.3 Å². The van der Waals surface area contributed by atoms with E-state index in [1.807, 2.05) is 45.8 Å². The number of aliphatic hydroxyl groups is 2. The van der Waals surface area contributed by atoms with Crippen molar-refractivity contribution in [1.29, 1.82) is 0 Å². The molecule has 1 saturated heterocycles. The Kier molecular flexibility index (Phi) is 16.0. The highest BCUT2D eigenvalue weighted by Crippen LogP contribution is 2.41. The minimum atomic E-state index is 0.0347. The number of aromatic nitrogens is 8. The Morgan fingerprint density at radius 3 is 1.55 bits per heavy atom.